The smallest absolute Gasteiger partial charge is 0.312 e. The van der Waals surface area contributed by atoms with Crippen LogP contribution in [0, 0.1) is 0 Å². The van der Waals surface area contributed by atoms with Gasteiger partial charge in [0, 0.05) is 34.0 Å². The number of hydrogen-bond acceptors (Lipinski definition) is 8. The van der Waals surface area contributed by atoms with E-state index in [1.54, 1.807) is 36.4 Å². The summed E-state index contributed by atoms with van der Waals surface area (Å²) in [6.07, 6.45) is 1.08. The Morgan fingerprint density at radius 2 is 1.78 bits per heavy atom. The number of carbonyl (C=O) groups is 1. The second-order valence-corrected chi connectivity index (χ2v) is 8.77. The highest BCUT2D eigenvalue weighted by Gasteiger charge is 2.35. The van der Waals surface area contributed by atoms with Crippen molar-refractivity contribution < 1.29 is 28.9 Å². The topological polar surface area (TPSA) is 139 Å². The van der Waals surface area contributed by atoms with Crippen LogP contribution in [0.2, 0.25) is 0 Å². The Hall–Kier alpha value is -5.05. The quantitative estimate of drug-likeness (QED) is 0.249. The van der Waals surface area contributed by atoms with E-state index in [0.29, 0.717) is 27.8 Å². The number of pyridine rings is 1. The summed E-state index contributed by atoms with van der Waals surface area (Å²) < 4.78 is 16.6. The summed E-state index contributed by atoms with van der Waals surface area (Å²) in [5, 5.41) is 20.9. The van der Waals surface area contributed by atoms with Crippen molar-refractivity contribution in [3.63, 3.8) is 0 Å². The molecule has 5 aromatic rings. The third-order valence-electron chi connectivity index (χ3n) is 6.60. The van der Waals surface area contributed by atoms with Gasteiger partial charge in [0.2, 0.25) is 5.43 Å². The number of nitrogens with one attached hydrogen (secondary N) is 1. The number of methoxy groups -OCH3 is 1. The van der Waals surface area contributed by atoms with Gasteiger partial charge >= 0.3 is 5.97 Å². The summed E-state index contributed by atoms with van der Waals surface area (Å²) in [4.78, 5) is 42.0. The predicted molar refractivity (Wildman–Crippen MR) is 134 cm³/mol. The van der Waals surface area contributed by atoms with E-state index in [1.165, 1.54) is 31.6 Å². The summed E-state index contributed by atoms with van der Waals surface area (Å²) in [5.74, 6) is -1.18. The maximum Gasteiger partial charge on any atom is 0.312 e. The third-order valence-corrected chi connectivity index (χ3v) is 6.60. The summed E-state index contributed by atoms with van der Waals surface area (Å²) >= 11 is 0. The van der Waals surface area contributed by atoms with Crippen molar-refractivity contribution in [3.05, 3.63) is 92.6 Å². The predicted octanol–water partition coefficient (Wildman–Crippen LogP) is 4.16. The van der Waals surface area contributed by atoms with Crippen molar-refractivity contribution in [2.75, 3.05) is 7.11 Å². The zero-order valence-corrected chi connectivity index (χ0v) is 19.4. The van der Waals surface area contributed by atoms with Crippen LogP contribution in [0.3, 0.4) is 0 Å². The van der Waals surface area contributed by atoms with E-state index in [4.69, 9.17) is 13.9 Å². The first kappa shape index (κ1) is 22.4. The lowest BCUT2D eigenvalue weighted by atomic mass is 9.85. The van der Waals surface area contributed by atoms with Gasteiger partial charge in [0.05, 0.1) is 19.1 Å². The van der Waals surface area contributed by atoms with Crippen LogP contribution < -0.4 is 20.5 Å². The van der Waals surface area contributed by atoms with Crippen molar-refractivity contribution >= 4 is 27.8 Å². The van der Waals surface area contributed by atoms with Crippen molar-refractivity contribution in [3.8, 4) is 34.1 Å². The molecule has 3 heterocycles. The molecule has 9 heteroatoms. The molecule has 9 nitrogen and oxygen atoms in total. The number of aromatic nitrogens is 1. The van der Waals surface area contributed by atoms with Gasteiger partial charge in [-0.15, -0.1) is 0 Å². The van der Waals surface area contributed by atoms with Gasteiger partial charge in [-0.2, -0.15) is 0 Å². The fourth-order valence-corrected chi connectivity index (χ4v) is 4.83. The molecule has 184 valence electrons. The maximum atomic E-state index is 13.5. The second kappa shape index (κ2) is 8.27. The summed E-state index contributed by atoms with van der Waals surface area (Å²) in [5.41, 5.74) is 0.924. The molecule has 0 aliphatic carbocycles. The molecule has 0 radical (unpaired) electrons. The standard InChI is InChI=1S/C28H19NO8/c1-35-16-6-7-20-14(8-16)9-18(28(34)29-20)17-10-23(32)37-22-11-21(31)25-26(33)19(12-36-27(25)24(17)22)13-2-4-15(30)5-3-13/h2-9,11-12,17,30-31H,10H2,1H3,(H,29,34). The third kappa shape index (κ3) is 3.59. The molecule has 0 spiro atoms. The Balaban J connectivity index is 1.61. The first-order chi connectivity index (χ1) is 17.8. The SMILES string of the molecule is COc1ccc2[nH]c(=O)c(C3CC(=O)Oc4cc(O)c5c(=O)c(-c6ccc(O)cc6)coc5c43)cc2c1. The molecule has 6 rings (SSSR count). The molecule has 0 fully saturated rings. The van der Waals surface area contributed by atoms with Crippen LogP contribution in [-0.2, 0) is 4.79 Å². The van der Waals surface area contributed by atoms with E-state index < -0.39 is 28.6 Å². The molecule has 1 aliphatic rings. The van der Waals surface area contributed by atoms with Crippen molar-refractivity contribution in [1.29, 1.82) is 0 Å². The Kier molecular flexibility index (Phi) is 5.01. The van der Waals surface area contributed by atoms with Gasteiger partial charge in [0.1, 0.15) is 40.2 Å². The minimum absolute atomic E-state index is 0.0110. The normalized spacial score (nSPS) is 14.9. The minimum Gasteiger partial charge on any atom is -0.508 e. The number of aromatic hydroxyl groups is 2. The first-order valence-corrected chi connectivity index (χ1v) is 11.4. The number of esters is 1. The van der Waals surface area contributed by atoms with Crippen molar-refractivity contribution in [1.82, 2.24) is 4.98 Å². The first-order valence-electron chi connectivity index (χ1n) is 11.4. The Morgan fingerprint density at radius 3 is 2.54 bits per heavy atom. The van der Waals surface area contributed by atoms with Gasteiger partial charge in [-0.05, 0) is 42.0 Å². The lowest BCUT2D eigenvalue weighted by Gasteiger charge is -2.25. The lowest BCUT2D eigenvalue weighted by molar-refractivity contribution is -0.135. The van der Waals surface area contributed by atoms with E-state index in [9.17, 15) is 24.6 Å². The molecule has 3 N–H and O–H groups in total. The second-order valence-electron chi connectivity index (χ2n) is 8.77. The van der Waals surface area contributed by atoms with Crippen LogP contribution in [0.15, 0.2) is 74.9 Å². The number of ether oxygens (including phenoxy) is 2. The molecule has 1 aliphatic heterocycles. The van der Waals surface area contributed by atoms with Gasteiger partial charge in [-0.1, -0.05) is 12.1 Å². The number of benzene rings is 3. The molecule has 1 unspecified atom stereocenters. The molecule has 0 saturated heterocycles. The van der Waals surface area contributed by atoms with Gasteiger partial charge in [0.25, 0.3) is 5.56 Å². The van der Waals surface area contributed by atoms with Gasteiger partial charge in [-0.25, -0.2) is 0 Å². The van der Waals surface area contributed by atoms with E-state index >= 15 is 0 Å². The monoisotopic (exact) mass is 497 g/mol. The van der Waals surface area contributed by atoms with Gasteiger partial charge < -0.3 is 29.1 Å². The molecular formula is C28H19NO8. The van der Waals surface area contributed by atoms with Gasteiger partial charge in [-0.3, -0.25) is 14.4 Å². The zero-order valence-electron chi connectivity index (χ0n) is 19.4. The van der Waals surface area contributed by atoms with Gasteiger partial charge in [0.15, 0.2) is 0 Å². The number of carbonyl (C=O) groups excluding carboxylic acids is 1. The largest absolute Gasteiger partial charge is 0.508 e. The Labute approximate surface area is 208 Å². The lowest BCUT2D eigenvalue weighted by Crippen LogP contribution is -2.26. The van der Waals surface area contributed by atoms with Crippen LogP contribution in [0.5, 0.6) is 23.0 Å². The van der Waals surface area contributed by atoms with E-state index in [2.05, 4.69) is 4.98 Å². The molecular weight excluding hydrogens is 478 g/mol. The number of H-pyrrole nitrogens is 1. The molecule has 37 heavy (non-hydrogen) atoms. The zero-order chi connectivity index (χ0) is 25.8. The molecule has 1 atom stereocenters. The van der Waals surface area contributed by atoms with Crippen LogP contribution in [0.1, 0.15) is 23.5 Å². The highest BCUT2D eigenvalue weighted by molar-refractivity contribution is 5.94. The number of aromatic amines is 1. The highest BCUT2D eigenvalue weighted by atomic mass is 16.5. The minimum atomic E-state index is -0.804. The highest BCUT2D eigenvalue weighted by Crippen LogP contribution is 2.45. The number of phenolic OH excluding ortho intramolecular Hbond substituents is 2. The average Bonchev–Trinajstić information content (AvgIpc) is 2.88. The average molecular weight is 497 g/mol. The van der Waals surface area contributed by atoms with E-state index in [-0.39, 0.29) is 40.0 Å². The summed E-state index contributed by atoms with van der Waals surface area (Å²) in [6.45, 7) is 0. The number of rotatable bonds is 3. The maximum absolute atomic E-state index is 13.5. The van der Waals surface area contributed by atoms with Crippen LogP contribution in [0.4, 0.5) is 0 Å². The summed E-state index contributed by atoms with van der Waals surface area (Å²) in [7, 11) is 1.54. The molecule has 0 bridgehead atoms. The summed E-state index contributed by atoms with van der Waals surface area (Å²) in [6, 6.07) is 14.0. The van der Waals surface area contributed by atoms with E-state index in [1.807, 2.05) is 0 Å². The van der Waals surface area contributed by atoms with Crippen molar-refractivity contribution in [2.45, 2.75) is 12.3 Å². The van der Waals surface area contributed by atoms with Crippen LogP contribution in [0.25, 0.3) is 33.0 Å². The van der Waals surface area contributed by atoms with Crippen LogP contribution >= 0.6 is 0 Å². The fraction of sp³-hybridized carbons (Fsp3) is 0.107. The molecule has 0 amide bonds. The molecule has 2 aromatic heterocycles. The number of phenols is 2. The Bertz CT molecular complexity index is 1850. The molecule has 0 saturated carbocycles. The number of hydrogen-bond donors (Lipinski definition) is 3. The molecule has 3 aromatic carbocycles. The van der Waals surface area contributed by atoms with Crippen molar-refractivity contribution in [2.24, 2.45) is 0 Å². The fourth-order valence-electron chi connectivity index (χ4n) is 4.83. The Morgan fingerprint density at radius 1 is 1.00 bits per heavy atom. The van der Waals surface area contributed by atoms with Crippen LogP contribution in [-0.4, -0.2) is 28.3 Å². The number of fused-ring (bicyclic) bond motifs is 4. The van der Waals surface area contributed by atoms with E-state index in [0.717, 1.165) is 0 Å².